The lowest BCUT2D eigenvalue weighted by molar-refractivity contribution is -0.137. The van der Waals surface area contributed by atoms with Crippen LogP contribution >= 0.6 is 0 Å². The van der Waals surface area contributed by atoms with Crippen molar-refractivity contribution >= 4 is 17.7 Å². The van der Waals surface area contributed by atoms with E-state index in [9.17, 15) is 14.4 Å². The van der Waals surface area contributed by atoms with Crippen molar-refractivity contribution in [2.24, 2.45) is 11.7 Å². The van der Waals surface area contributed by atoms with Crippen molar-refractivity contribution in [3.63, 3.8) is 0 Å². The average molecular weight is 451 g/mol. The van der Waals surface area contributed by atoms with E-state index in [1.807, 2.05) is 67.6 Å². The summed E-state index contributed by atoms with van der Waals surface area (Å²) in [4.78, 5) is 39.7. The Bertz CT molecular complexity index is 927. The van der Waals surface area contributed by atoms with Crippen LogP contribution in [0, 0.1) is 5.92 Å². The highest BCUT2D eigenvalue weighted by Gasteiger charge is 2.31. The van der Waals surface area contributed by atoms with Gasteiger partial charge in [0.1, 0.15) is 6.04 Å². The molecule has 4 N–H and O–H groups in total. The minimum atomic E-state index is -0.636. The molecule has 0 spiro atoms. The molecule has 0 aromatic heterocycles. The van der Waals surface area contributed by atoms with E-state index in [2.05, 4.69) is 10.6 Å². The molecule has 0 saturated carbocycles. The quantitative estimate of drug-likeness (QED) is 0.573. The maximum absolute atomic E-state index is 12.7. The smallest absolute Gasteiger partial charge is 0.242 e. The number of nitrogens with zero attached hydrogens (tertiary/aromatic N) is 1. The van der Waals surface area contributed by atoms with E-state index in [1.165, 1.54) is 0 Å². The van der Waals surface area contributed by atoms with Gasteiger partial charge in [-0.25, -0.2) is 0 Å². The molecule has 1 aliphatic heterocycles. The van der Waals surface area contributed by atoms with Crippen LogP contribution in [0.1, 0.15) is 43.9 Å². The van der Waals surface area contributed by atoms with Gasteiger partial charge in [0.05, 0.1) is 12.1 Å². The summed E-state index contributed by atoms with van der Waals surface area (Å²) in [5.74, 6) is -0.675. The molecule has 0 aliphatic carbocycles. The number of hydrogen-bond acceptors (Lipinski definition) is 4. The molecule has 7 nitrogen and oxygen atoms in total. The van der Waals surface area contributed by atoms with Crippen LogP contribution in [0.5, 0.6) is 0 Å². The largest absolute Gasteiger partial charge is 0.348 e. The Morgan fingerprint density at radius 2 is 1.52 bits per heavy atom. The fraction of sp³-hybridized carbons (Fsp3) is 0.423. The number of carbonyl (C=O) groups is 3. The molecule has 1 saturated heterocycles. The van der Waals surface area contributed by atoms with Gasteiger partial charge in [0.15, 0.2) is 0 Å². The first-order chi connectivity index (χ1) is 15.8. The van der Waals surface area contributed by atoms with Crippen LogP contribution in [0.25, 0.3) is 0 Å². The predicted octanol–water partition coefficient (Wildman–Crippen LogP) is 2.18. The Morgan fingerprint density at radius 1 is 0.939 bits per heavy atom. The van der Waals surface area contributed by atoms with Crippen LogP contribution in [0.15, 0.2) is 60.7 Å². The maximum atomic E-state index is 12.7. The van der Waals surface area contributed by atoms with Crippen LogP contribution < -0.4 is 16.4 Å². The summed E-state index contributed by atoms with van der Waals surface area (Å²) in [7, 11) is 0. The zero-order valence-electron chi connectivity index (χ0n) is 19.4. The molecule has 2 aromatic carbocycles. The molecule has 176 valence electrons. The molecule has 3 amide bonds. The number of hydrogen-bond donors (Lipinski definition) is 3. The first kappa shape index (κ1) is 24.5. The Labute approximate surface area is 195 Å². The van der Waals surface area contributed by atoms with Gasteiger partial charge in [0, 0.05) is 19.0 Å². The van der Waals surface area contributed by atoms with Gasteiger partial charge in [-0.05, 0) is 44.2 Å². The number of nitrogens with one attached hydrogen (secondary N) is 2. The minimum absolute atomic E-state index is 0.0830. The number of carbonyl (C=O) groups excluding carboxylic acids is 3. The standard InChI is InChI=1S/C26H34N4O3/c1-18(21-11-7-4-8-12-21)28-24(31)19(2)29-25(32)22-13-15-30(16-14-22)26(33)23(27)17-20-9-5-3-6-10-20/h3-12,18-19,22-23H,13-17,27H2,1-2H3,(H,28,31)(H,29,32). The van der Waals surface area contributed by atoms with Crippen LogP contribution in [0.4, 0.5) is 0 Å². The van der Waals surface area contributed by atoms with Crippen LogP contribution in [0.2, 0.25) is 0 Å². The van der Waals surface area contributed by atoms with Crippen molar-refractivity contribution < 1.29 is 14.4 Å². The molecule has 7 heteroatoms. The minimum Gasteiger partial charge on any atom is -0.348 e. The second kappa shape index (κ2) is 11.6. The lowest BCUT2D eigenvalue weighted by Crippen LogP contribution is -2.51. The number of amides is 3. The van der Waals surface area contributed by atoms with Crippen molar-refractivity contribution in [2.45, 2.75) is 51.2 Å². The number of likely N-dealkylation sites (tertiary alicyclic amines) is 1. The summed E-state index contributed by atoms with van der Waals surface area (Å²) >= 11 is 0. The molecule has 3 rings (SSSR count). The number of piperidine rings is 1. The SMILES string of the molecule is CC(NC(=O)C1CCN(C(=O)C(N)Cc2ccccc2)CC1)C(=O)NC(C)c1ccccc1. The van der Waals surface area contributed by atoms with E-state index >= 15 is 0 Å². The van der Waals surface area contributed by atoms with E-state index in [-0.39, 0.29) is 29.7 Å². The monoisotopic (exact) mass is 450 g/mol. The van der Waals surface area contributed by atoms with E-state index < -0.39 is 12.1 Å². The van der Waals surface area contributed by atoms with Gasteiger partial charge < -0.3 is 21.3 Å². The number of rotatable bonds is 8. The molecular formula is C26H34N4O3. The van der Waals surface area contributed by atoms with Gasteiger partial charge in [-0.15, -0.1) is 0 Å². The van der Waals surface area contributed by atoms with Crippen molar-refractivity contribution in [3.8, 4) is 0 Å². The summed E-state index contributed by atoms with van der Waals surface area (Å²) in [6.45, 7) is 4.58. The summed E-state index contributed by atoms with van der Waals surface area (Å²) in [6, 6.07) is 18.0. The third kappa shape index (κ3) is 6.89. The molecule has 1 fully saturated rings. The van der Waals surface area contributed by atoms with Gasteiger partial charge in [-0.3, -0.25) is 14.4 Å². The normalized spacial score (nSPS) is 17.0. The molecule has 3 atom stereocenters. The number of nitrogens with two attached hydrogens (primary N) is 1. The first-order valence-corrected chi connectivity index (χ1v) is 11.6. The van der Waals surface area contributed by atoms with E-state index in [1.54, 1.807) is 11.8 Å². The van der Waals surface area contributed by atoms with Crippen molar-refractivity contribution in [1.82, 2.24) is 15.5 Å². The molecule has 0 bridgehead atoms. The zero-order valence-corrected chi connectivity index (χ0v) is 19.4. The molecule has 0 radical (unpaired) electrons. The average Bonchev–Trinajstić information content (AvgIpc) is 2.84. The summed E-state index contributed by atoms with van der Waals surface area (Å²) < 4.78 is 0. The lowest BCUT2D eigenvalue weighted by atomic mass is 9.94. The van der Waals surface area contributed by atoms with Gasteiger partial charge in [0.25, 0.3) is 0 Å². The Hall–Kier alpha value is -3.19. The highest BCUT2D eigenvalue weighted by atomic mass is 16.2. The zero-order chi connectivity index (χ0) is 23.8. The fourth-order valence-electron chi connectivity index (χ4n) is 4.11. The summed E-state index contributed by atoms with van der Waals surface area (Å²) in [5.41, 5.74) is 8.18. The topological polar surface area (TPSA) is 105 Å². The molecule has 33 heavy (non-hydrogen) atoms. The van der Waals surface area contributed by atoms with Crippen LogP contribution in [-0.4, -0.2) is 47.8 Å². The Kier molecular flexibility index (Phi) is 8.60. The van der Waals surface area contributed by atoms with Gasteiger partial charge in [0.2, 0.25) is 17.7 Å². The van der Waals surface area contributed by atoms with Gasteiger partial charge in [-0.2, -0.15) is 0 Å². The highest BCUT2D eigenvalue weighted by molar-refractivity contribution is 5.88. The molecule has 1 aliphatic rings. The second-order valence-electron chi connectivity index (χ2n) is 8.77. The summed E-state index contributed by atoms with van der Waals surface area (Å²) in [5, 5.41) is 5.76. The van der Waals surface area contributed by atoms with Crippen LogP contribution in [0.3, 0.4) is 0 Å². The second-order valence-corrected chi connectivity index (χ2v) is 8.77. The first-order valence-electron chi connectivity index (χ1n) is 11.6. The predicted molar refractivity (Wildman–Crippen MR) is 128 cm³/mol. The van der Waals surface area contributed by atoms with Crippen molar-refractivity contribution in [2.75, 3.05) is 13.1 Å². The van der Waals surface area contributed by atoms with Crippen LogP contribution in [-0.2, 0) is 20.8 Å². The van der Waals surface area contributed by atoms with Crippen molar-refractivity contribution in [3.05, 3.63) is 71.8 Å². The molecule has 2 aromatic rings. The Morgan fingerprint density at radius 3 is 2.12 bits per heavy atom. The van der Waals surface area contributed by atoms with E-state index in [4.69, 9.17) is 5.73 Å². The van der Waals surface area contributed by atoms with Gasteiger partial charge in [-0.1, -0.05) is 60.7 Å². The molecule has 1 heterocycles. The maximum Gasteiger partial charge on any atom is 0.242 e. The summed E-state index contributed by atoms with van der Waals surface area (Å²) in [6.07, 6.45) is 1.61. The molecule has 3 unspecified atom stereocenters. The van der Waals surface area contributed by atoms with Crippen molar-refractivity contribution in [1.29, 1.82) is 0 Å². The van der Waals surface area contributed by atoms with E-state index in [0.717, 1.165) is 11.1 Å². The lowest BCUT2D eigenvalue weighted by Gasteiger charge is -2.33. The van der Waals surface area contributed by atoms with E-state index in [0.29, 0.717) is 32.4 Å². The Balaban J connectivity index is 1.43. The number of benzene rings is 2. The third-order valence-electron chi connectivity index (χ3n) is 6.20. The highest BCUT2D eigenvalue weighted by Crippen LogP contribution is 2.19. The third-order valence-corrected chi connectivity index (χ3v) is 6.20. The van der Waals surface area contributed by atoms with Gasteiger partial charge >= 0.3 is 0 Å². The molecular weight excluding hydrogens is 416 g/mol. The fourth-order valence-corrected chi connectivity index (χ4v) is 4.11.